The lowest BCUT2D eigenvalue weighted by atomic mass is 10.1. The average molecular weight is 905 g/mol. The zero-order valence-electron chi connectivity index (χ0n) is 42.5. The molecule has 0 aliphatic carbocycles. The molecule has 0 heterocycles. The second-order valence-corrected chi connectivity index (χ2v) is 17.9. The van der Waals surface area contributed by atoms with Gasteiger partial charge in [0, 0.05) is 19.3 Å². The van der Waals surface area contributed by atoms with Gasteiger partial charge >= 0.3 is 17.9 Å². The SMILES string of the molecule is CCCCC\C=C/C=C\C=C/C=C\CCCCCCCC(=O)OCC(COC(=O)CC/C=C\C/C=C\CCCCCCCC)OC(=O)CCCCCCC/C=C\CCCCCCCCC. The van der Waals surface area contributed by atoms with Crippen LogP contribution >= 0.6 is 0 Å². The minimum Gasteiger partial charge on any atom is -0.462 e. The van der Waals surface area contributed by atoms with Crippen molar-refractivity contribution in [2.45, 2.75) is 258 Å². The summed E-state index contributed by atoms with van der Waals surface area (Å²) in [5, 5.41) is 0. The van der Waals surface area contributed by atoms with Gasteiger partial charge in [-0.1, -0.05) is 228 Å². The lowest BCUT2D eigenvalue weighted by Gasteiger charge is -2.18. The molecule has 0 amide bonds. The maximum Gasteiger partial charge on any atom is 0.306 e. The number of hydrogen-bond donors (Lipinski definition) is 0. The van der Waals surface area contributed by atoms with Crippen LogP contribution in [0.2, 0.25) is 0 Å². The molecule has 0 aromatic rings. The van der Waals surface area contributed by atoms with Crippen LogP contribution in [0.4, 0.5) is 0 Å². The molecule has 0 fully saturated rings. The molecule has 0 aliphatic heterocycles. The van der Waals surface area contributed by atoms with Gasteiger partial charge in [0.25, 0.3) is 0 Å². The molecule has 0 aromatic carbocycles. The van der Waals surface area contributed by atoms with Gasteiger partial charge < -0.3 is 14.2 Å². The van der Waals surface area contributed by atoms with Crippen LogP contribution in [-0.2, 0) is 28.6 Å². The molecule has 0 spiro atoms. The fraction of sp³-hybridized carbons (Fsp3) is 0.712. The van der Waals surface area contributed by atoms with Gasteiger partial charge in [0.2, 0.25) is 0 Å². The Bertz CT molecular complexity index is 1270. The van der Waals surface area contributed by atoms with Gasteiger partial charge in [-0.05, 0) is 89.9 Å². The first-order chi connectivity index (χ1) is 32.0. The molecular formula is C59H100O6. The minimum absolute atomic E-state index is 0.109. The number of hydrogen-bond acceptors (Lipinski definition) is 6. The summed E-state index contributed by atoms with van der Waals surface area (Å²) in [6.45, 7) is 6.51. The van der Waals surface area contributed by atoms with Crippen LogP contribution in [0.25, 0.3) is 0 Å². The molecule has 0 N–H and O–H groups in total. The Balaban J connectivity index is 4.50. The maximum absolute atomic E-state index is 12.8. The Kier molecular flexibility index (Phi) is 50.4. The molecule has 0 rings (SSSR count). The van der Waals surface area contributed by atoms with Crippen LogP contribution in [-0.4, -0.2) is 37.2 Å². The van der Waals surface area contributed by atoms with Crippen molar-refractivity contribution in [3.63, 3.8) is 0 Å². The van der Waals surface area contributed by atoms with Gasteiger partial charge in [-0.25, -0.2) is 0 Å². The fourth-order valence-corrected chi connectivity index (χ4v) is 7.32. The van der Waals surface area contributed by atoms with Crippen LogP contribution < -0.4 is 0 Å². The lowest BCUT2D eigenvalue weighted by molar-refractivity contribution is -0.166. The van der Waals surface area contributed by atoms with Crippen molar-refractivity contribution in [1.29, 1.82) is 0 Å². The third kappa shape index (κ3) is 51.4. The Morgan fingerprint density at radius 3 is 1.12 bits per heavy atom. The highest BCUT2D eigenvalue weighted by molar-refractivity contribution is 5.71. The van der Waals surface area contributed by atoms with Gasteiger partial charge in [0.15, 0.2) is 6.10 Å². The van der Waals surface area contributed by atoms with Crippen LogP contribution in [0.3, 0.4) is 0 Å². The molecule has 1 unspecified atom stereocenters. The molecule has 6 heteroatoms. The first kappa shape index (κ1) is 61.6. The van der Waals surface area contributed by atoms with Gasteiger partial charge in [0.05, 0.1) is 0 Å². The maximum atomic E-state index is 12.8. The number of unbranched alkanes of at least 4 members (excludes halogenated alkanes) is 26. The molecular weight excluding hydrogens is 805 g/mol. The molecule has 65 heavy (non-hydrogen) atoms. The van der Waals surface area contributed by atoms with Crippen molar-refractivity contribution in [1.82, 2.24) is 0 Å². The van der Waals surface area contributed by atoms with Gasteiger partial charge in [-0.3, -0.25) is 14.4 Å². The van der Waals surface area contributed by atoms with Crippen molar-refractivity contribution < 1.29 is 28.6 Å². The average Bonchev–Trinajstić information content (AvgIpc) is 3.30. The van der Waals surface area contributed by atoms with Crippen LogP contribution in [0.15, 0.2) is 85.1 Å². The number of carbonyl (C=O) groups is 3. The summed E-state index contributed by atoms with van der Waals surface area (Å²) in [7, 11) is 0. The van der Waals surface area contributed by atoms with Gasteiger partial charge in [0.1, 0.15) is 13.2 Å². The highest BCUT2D eigenvalue weighted by Crippen LogP contribution is 2.13. The first-order valence-corrected chi connectivity index (χ1v) is 27.1. The van der Waals surface area contributed by atoms with E-state index in [-0.39, 0.29) is 37.5 Å². The topological polar surface area (TPSA) is 78.9 Å². The predicted octanol–water partition coefficient (Wildman–Crippen LogP) is 18.0. The van der Waals surface area contributed by atoms with E-state index in [9.17, 15) is 14.4 Å². The van der Waals surface area contributed by atoms with E-state index in [2.05, 4.69) is 99.8 Å². The zero-order chi connectivity index (χ0) is 47.2. The quantitative estimate of drug-likeness (QED) is 0.0199. The normalized spacial score (nSPS) is 12.7. The lowest BCUT2D eigenvalue weighted by Crippen LogP contribution is -2.30. The van der Waals surface area contributed by atoms with Crippen molar-refractivity contribution in [3.8, 4) is 0 Å². The summed E-state index contributed by atoms with van der Waals surface area (Å²) in [5.74, 6) is -1.01. The second-order valence-electron chi connectivity index (χ2n) is 17.9. The standard InChI is InChI=1S/C59H100O6/c1-4-7-10-13-16-19-22-25-27-29-30-32-34-37-40-43-46-49-52-58(61)64-55-56(54-63-57(60)51-48-45-42-39-36-33-24-21-18-15-12-9-6-3)65-59(62)53-50-47-44-41-38-35-31-28-26-23-20-17-14-11-8-5-2/h16,19,22,25,27-33,36,42,45,56H,4-15,17-18,20-21,23-24,26,34-35,37-41,43-44,46-55H2,1-3H3/b19-16-,25-22-,29-27-,31-28-,32-30-,36-33-,45-42-. The molecule has 0 bridgehead atoms. The minimum atomic E-state index is -0.813. The predicted molar refractivity (Wildman–Crippen MR) is 279 cm³/mol. The highest BCUT2D eigenvalue weighted by atomic mass is 16.6. The third-order valence-corrected chi connectivity index (χ3v) is 11.4. The summed E-state index contributed by atoms with van der Waals surface area (Å²) in [5.41, 5.74) is 0. The molecule has 0 saturated carbocycles. The van der Waals surface area contributed by atoms with E-state index in [4.69, 9.17) is 14.2 Å². The van der Waals surface area contributed by atoms with Crippen LogP contribution in [0, 0.1) is 0 Å². The third-order valence-electron chi connectivity index (χ3n) is 11.4. The van der Waals surface area contributed by atoms with Crippen molar-refractivity contribution >= 4 is 17.9 Å². The van der Waals surface area contributed by atoms with Gasteiger partial charge in [-0.2, -0.15) is 0 Å². The van der Waals surface area contributed by atoms with E-state index >= 15 is 0 Å². The number of allylic oxidation sites excluding steroid dienone is 14. The van der Waals surface area contributed by atoms with E-state index in [0.29, 0.717) is 19.3 Å². The zero-order valence-corrected chi connectivity index (χ0v) is 42.5. The molecule has 0 aliphatic rings. The van der Waals surface area contributed by atoms with E-state index in [1.807, 2.05) is 6.08 Å². The number of carbonyl (C=O) groups excluding carboxylic acids is 3. The molecule has 0 radical (unpaired) electrons. The van der Waals surface area contributed by atoms with Crippen LogP contribution in [0.5, 0.6) is 0 Å². The summed E-state index contributed by atoms with van der Waals surface area (Å²) in [4.78, 5) is 38.0. The largest absolute Gasteiger partial charge is 0.462 e. The Morgan fingerprint density at radius 1 is 0.323 bits per heavy atom. The first-order valence-electron chi connectivity index (χ1n) is 27.1. The fourth-order valence-electron chi connectivity index (χ4n) is 7.32. The molecule has 372 valence electrons. The molecule has 0 saturated heterocycles. The Hall–Kier alpha value is -3.41. The Morgan fingerprint density at radius 2 is 0.646 bits per heavy atom. The monoisotopic (exact) mass is 905 g/mol. The Labute approximate surface area is 401 Å². The second kappa shape index (κ2) is 53.2. The number of rotatable bonds is 48. The van der Waals surface area contributed by atoms with Crippen molar-refractivity contribution in [2.75, 3.05) is 13.2 Å². The van der Waals surface area contributed by atoms with Gasteiger partial charge in [-0.15, -0.1) is 0 Å². The van der Waals surface area contributed by atoms with Crippen LogP contribution in [0.1, 0.15) is 252 Å². The van der Waals surface area contributed by atoms with Crippen molar-refractivity contribution in [3.05, 3.63) is 85.1 Å². The highest BCUT2D eigenvalue weighted by Gasteiger charge is 2.19. The van der Waals surface area contributed by atoms with E-state index in [1.165, 1.54) is 116 Å². The smallest absolute Gasteiger partial charge is 0.306 e. The molecule has 1 atom stereocenters. The number of esters is 3. The number of ether oxygens (including phenoxy) is 3. The van der Waals surface area contributed by atoms with Crippen molar-refractivity contribution in [2.24, 2.45) is 0 Å². The van der Waals surface area contributed by atoms with E-state index in [1.54, 1.807) is 0 Å². The summed E-state index contributed by atoms with van der Waals surface area (Å²) < 4.78 is 16.7. The molecule has 6 nitrogen and oxygen atoms in total. The van der Waals surface area contributed by atoms with E-state index < -0.39 is 6.10 Å². The van der Waals surface area contributed by atoms with E-state index in [0.717, 1.165) is 89.9 Å². The summed E-state index contributed by atoms with van der Waals surface area (Å²) in [6.07, 6.45) is 68.6. The molecule has 0 aromatic heterocycles. The summed E-state index contributed by atoms with van der Waals surface area (Å²) in [6, 6.07) is 0. The summed E-state index contributed by atoms with van der Waals surface area (Å²) >= 11 is 0.